The molecule has 0 heterocycles. The van der Waals surface area contributed by atoms with Gasteiger partial charge >= 0.3 is 44.1 Å². The van der Waals surface area contributed by atoms with Gasteiger partial charge in [-0.1, -0.05) is 0 Å². The van der Waals surface area contributed by atoms with Crippen molar-refractivity contribution in [2.24, 2.45) is 0 Å². The first-order chi connectivity index (χ1) is 1.00. The summed E-state index contributed by atoms with van der Waals surface area (Å²) >= 11 is 0.500. The van der Waals surface area contributed by atoms with Crippen LogP contribution in [0.2, 0.25) is 0 Å². The third-order valence-corrected chi connectivity index (χ3v) is 0. The van der Waals surface area contributed by atoms with Crippen molar-refractivity contribution in [3.63, 3.8) is 0 Å². The van der Waals surface area contributed by atoms with E-state index < -0.39 is 0 Å². The summed E-state index contributed by atoms with van der Waals surface area (Å²) in [6.45, 7) is 0. The van der Waals surface area contributed by atoms with E-state index in [1.807, 2.05) is 0 Å². The van der Waals surface area contributed by atoms with Gasteiger partial charge in [-0.2, -0.15) is 0 Å². The van der Waals surface area contributed by atoms with Gasteiger partial charge in [-0.3, -0.25) is 0 Å². The Kier molecular flexibility index (Phi) is 73.8. The molecule has 0 amide bonds. The van der Waals surface area contributed by atoms with Crippen molar-refractivity contribution in [2.45, 2.75) is 0 Å². The van der Waals surface area contributed by atoms with Crippen LogP contribution in [-0.4, -0.2) is 19.8 Å². The molecule has 0 aliphatic rings. The Morgan fingerprint density at radius 3 is 1.25 bits per heavy atom. The van der Waals surface area contributed by atoms with Gasteiger partial charge in [0.1, 0.15) is 0 Å². The maximum absolute atomic E-state index is 8.30. The molecule has 0 aromatic rings. The SMILES string of the molecule is [GaH3].[La].[O]=[Nb]. The Labute approximate surface area is 78.2 Å². The molecule has 1 radical (unpaired) electrons. The number of hydrogen-bond acceptors (Lipinski definition) is 1. The molecule has 0 rings (SSSR count). The van der Waals surface area contributed by atoms with Crippen LogP contribution in [0.1, 0.15) is 0 Å². The van der Waals surface area contributed by atoms with Crippen LogP contribution in [0.3, 0.4) is 0 Å². The number of hydrogen-bond donors (Lipinski definition) is 0. The summed E-state index contributed by atoms with van der Waals surface area (Å²) in [6.07, 6.45) is 0. The van der Waals surface area contributed by atoms with Crippen LogP contribution in [0.5, 0.6) is 0 Å². The van der Waals surface area contributed by atoms with Gasteiger partial charge in [-0.25, -0.2) is 0 Å². The summed E-state index contributed by atoms with van der Waals surface area (Å²) in [6, 6.07) is 0. The van der Waals surface area contributed by atoms with Crippen molar-refractivity contribution >= 4 is 19.8 Å². The zero-order valence-corrected chi connectivity index (χ0v) is 7.26. The minimum atomic E-state index is 0. The van der Waals surface area contributed by atoms with Crippen LogP contribution < -0.4 is 0 Å². The van der Waals surface area contributed by atoms with Crippen molar-refractivity contribution < 1.29 is 59.9 Å². The first kappa shape index (κ1) is 16.2. The predicted octanol–water partition coefficient (Wildman–Crippen LogP) is -1.31. The number of rotatable bonds is 0. The summed E-state index contributed by atoms with van der Waals surface area (Å²) in [7, 11) is 0. The topological polar surface area (TPSA) is 17.1 Å². The Morgan fingerprint density at radius 2 is 1.25 bits per heavy atom. The van der Waals surface area contributed by atoms with Crippen molar-refractivity contribution in [3.8, 4) is 0 Å². The summed E-state index contributed by atoms with van der Waals surface area (Å²) in [5.41, 5.74) is 0. The van der Waals surface area contributed by atoms with E-state index in [1.54, 1.807) is 0 Å². The van der Waals surface area contributed by atoms with Gasteiger partial charge in [0, 0.05) is 35.6 Å². The Morgan fingerprint density at radius 1 is 1.25 bits per heavy atom. The standard InChI is InChI=1S/Ga.La.Nb.O.3H. The second kappa shape index (κ2) is 18.3. The Bertz CT molecular complexity index is 8.00. The van der Waals surface area contributed by atoms with Gasteiger partial charge in [0.15, 0.2) is 0 Å². The molecule has 0 aliphatic heterocycles. The fourth-order valence-electron chi connectivity index (χ4n) is 0. The Balaban J connectivity index is -0.00000000500. The molecule has 0 aliphatic carbocycles. The molecule has 20 valence electrons. The molecule has 4 heteroatoms. The molecule has 0 N–H and O–H groups in total. The monoisotopic (exact) mass is 320 g/mol. The molecule has 0 aromatic heterocycles. The summed E-state index contributed by atoms with van der Waals surface area (Å²) in [5.74, 6) is 0. The van der Waals surface area contributed by atoms with Gasteiger partial charge < -0.3 is 0 Å². The van der Waals surface area contributed by atoms with Gasteiger partial charge in [0.2, 0.25) is 0 Å². The van der Waals surface area contributed by atoms with Gasteiger partial charge in [-0.05, 0) is 0 Å². The second-order valence-corrected chi connectivity index (χ2v) is 0. The van der Waals surface area contributed by atoms with Crippen LogP contribution >= 0.6 is 0 Å². The van der Waals surface area contributed by atoms with Crippen LogP contribution in [-0.2, 0) is 24.3 Å². The molecule has 0 saturated carbocycles. The first-order valence-corrected chi connectivity index (χ1v) is 1.08. The van der Waals surface area contributed by atoms with Gasteiger partial charge in [0.05, 0.1) is 0 Å². The molecule has 0 atom stereocenters. The fourth-order valence-corrected chi connectivity index (χ4v) is 0. The van der Waals surface area contributed by atoms with E-state index >= 15 is 0 Å². The van der Waals surface area contributed by atoms with Crippen LogP contribution in [0.4, 0.5) is 0 Å². The van der Waals surface area contributed by atoms with Crippen molar-refractivity contribution in [1.82, 2.24) is 0 Å². The van der Waals surface area contributed by atoms with E-state index in [9.17, 15) is 0 Å². The third kappa shape index (κ3) is 8.84. The molecule has 0 unspecified atom stereocenters. The van der Waals surface area contributed by atoms with E-state index in [0.717, 1.165) is 0 Å². The molecule has 0 aromatic carbocycles. The first-order valence-electron chi connectivity index (χ1n) is 0.183. The molecule has 1 nitrogen and oxygen atoms in total. The van der Waals surface area contributed by atoms with Crippen LogP contribution in [0.25, 0.3) is 0 Å². The normalized spacial score (nSPS) is 0.750. The van der Waals surface area contributed by atoms with E-state index in [2.05, 4.69) is 0 Å². The minimum absolute atomic E-state index is 0. The van der Waals surface area contributed by atoms with Crippen molar-refractivity contribution in [3.05, 3.63) is 0 Å². The third-order valence-electron chi connectivity index (χ3n) is 0. The molecule has 0 bridgehead atoms. The average Bonchev–Trinajstić information content (AvgIpc) is 1.00. The zero-order chi connectivity index (χ0) is 2.00. The zero-order valence-electron chi connectivity index (χ0n) is 1.43. The molecule has 0 spiro atoms. The molecular formula is H3GaLaNbO. The molecule has 0 fully saturated rings. The van der Waals surface area contributed by atoms with Crippen LogP contribution in [0.15, 0.2) is 0 Å². The van der Waals surface area contributed by atoms with Crippen molar-refractivity contribution in [1.29, 1.82) is 0 Å². The molecule has 0 saturated heterocycles. The van der Waals surface area contributed by atoms with E-state index in [-0.39, 0.29) is 55.4 Å². The van der Waals surface area contributed by atoms with E-state index in [0.29, 0.717) is 21.0 Å². The average molecular weight is 321 g/mol. The Hall–Kier alpha value is 2.37. The second-order valence-electron chi connectivity index (χ2n) is 0. The van der Waals surface area contributed by atoms with Crippen LogP contribution in [0, 0.1) is 35.6 Å². The molecule has 4 heavy (non-hydrogen) atoms. The quantitative estimate of drug-likeness (QED) is 0.507. The van der Waals surface area contributed by atoms with Gasteiger partial charge in [-0.15, -0.1) is 0 Å². The fraction of sp³-hybridized carbons (Fsp3) is 0. The maximum atomic E-state index is 8.30. The van der Waals surface area contributed by atoms with E-state index in [1.165, 1.54) is 0 Å². The summed E-state index contributed by atoms with van der Waals surface area (Å²) in [4.78, 5) is 0. The summed E-state index contributed by atoms with van der Waals surface area (Å²) < 4.78 is 8.30. The van der Waals surface area contributed by atoms with E-state index in [4.69, 9.17) is 3.25 Å². The van der Waals surface area contributed by atoms with Gasteiger partial charge in [0.25, 0.3) is 0 Å². The summed E-state index contributed by atoms with van der Waals surface area (Å²) in [5, 5.41) is 0. The van der Waals surface area contributed by atoms with Crippen molar-refractivity contribution in [2.75, 3.05) is 0 Å². The molecular weight excluding hydrogens is 318 g/mol. The predicted molar refractivity (Wildman–Crippen MR) is 10.6 cm³/mol.